The summed E-state index contributed by atoms with van der Waals surface area (Å²) >= 11 is 0. The summed E-state index contributed by atoms with van der Waals surface area (Å²) in [6, 6.07) is 1.52. The van der Waals surface area contributed by atoms with Crippen molar-refractivity contribution < 1.29 is 19.5 Å². The largest absolute Gasteiger partial charge is 0.478 e. The number of hydrogen-bond donors (Lipinski definition) is 3. The molecule has 1 aromatic rings. The number of rotatable bonds is 6. The number of nitrogens with zero attached hydrogens (tertiary/aromatic N) is 1. The number of carboxylic acids is 1. The number of aliphatic carboxylic acids is 1. The van der Waals surface area contributed by atoms with Gasteiger partial charge in [0.05, 0.1) is 5.56 Å². The third-order valence-corrected chi connectivity index (χ3v) is 2.36. The number of carbonyl (C=O) groups excluding carboxylic acids is 2. The van der Waals surface area contributed by atoms with Gasteiger partial charge in [-0.05, 0) is 17.7 Å². The third kappa shape index (κ3) is 5.30. The fourth-order valence-corrected chi connectivity index (χ4v) is 1.36. The van der Waals surface area contributed by atoms with Gasteiger partial charge in [-0.2, -0.15) is 0 Å². The lowest BCUT2D eigenvalue weighted by Gasteiger charge is -2.05. The summed E-state index contributed by atoms with van der Waals surface area (Å²) in [5, 5.41) is 13.5. The summed E-state index contributed by atoms with van der Waals surface area (Å²) in [5.74, 6) is -1.61. The number of carbonyl (C=O) groups is 3. The molecule has 0 aliphatic rings. The smallest absolute Gasteiger partial charge is 0.328 e. The van der Waals surface area contributed by atoms with Crippen molar-refractivity contribution in [1.82, 2.24) is 15.6 Å². The quantitative estimate of drug-likeness (QED) is 0.636. The van der Waals surface area contributed by atoms with Crippen molar-refractivity contribution in [1.29, 1.82) is 0 Å². The Morgan fingerprint density at radius 3 is 2.75 bits per heavy atom. The van der Waals surface area contributed by atoms with Gasteiger partial charge < -0.3 is 15.7 Å². The molecule has 1 heterocycles. The normalized spacial score (nSPS) is 10.2. The van der Waals surface area contributed by atoms with Crippen LogP contribution in [-0.4, -0.2) is 41.5 Å². The van der Waals surface area contributed by atoms with E-state index in [4.69, 9.17) is 5.11 Å². The second kappa shape index (κ2) is 7.67. The van der Waals surface area contributed by atoms with Gasteiger partial charge in [0.15, 0.2) is 0 Å². The van der Waals surface area contributed by atoms with Crippen LogP contribution in [-0.2, 0) is 9.59 Å². The minimum atomic E-state index is -1.08. The second-order valence-corrected chi connectivity index (χ2v) is 3.86. The van der Waals surface area contributed by atoms with E-state index in [0.717, 1.165) is 6.08 Å². The molecule has 106 valence electrons. The van der Waals surface area contributed by atoms with Crippen LogP contribution in [0.1, 0.15) is 22.3 Å². The molecule has 2 amide bonds. The molecule has 0 saturated heterocycles. The predicted octanol–water partition coefficient (Wildman–Crippen LogP) is 0.0453. The molecule has 20 heavy (non-hydrogen) atoms. The van der Waals surface area contributed by atoms with Crippen LogP contribution < -0.4 is 10.6 Å². The van der Waals surface area contributed by atoms with Gasteiger partial charge in [0.25, 0.3) is 5.91 Å². The molecule has 0 unspecified atom stereocenters. The Morgan fingerprint density at radius 2 is 2.10 bits per heavy atom. The van der Waals surface area contributed by atoms with Crippen LogP contribution >= 0.6 is 0 Å². The first-order valence-electron chi connectivity index (χ1n) is 5.87. The lowest BCUT2D eigenvalue weighted by atomic mass is 10.2. The highest BCUT2D eigenvalue weighted by Gasteiger charge is 2.06. The van der Waals surface area contributed by atoms with E-state index in [1.807, 2.05) is 0 Å². The molecule has 0 aromatic carbocycles. The van der Waals surface area contributed by atoms with Crippen molar-refractivity contribution in [3.8, 4) is 0 Å². The average molecular weight is 277 g/mol. The van der Waals surface area contributed by atoms with E-state index in [0.29, 0.717) is 11.1 Å². The molecule has 1 aromatic heterocycles. The molecular formula is C13H15N3O4. The van der Waals surface area contributed by atoms with Crippen LogP contribution in [0.4, 0.5) is 0 Å². The van der Waals surface area contributed by atoms with E-state index in [2.05, 4.69) is 15.6 Å². The molecule has 1 rings (SSSR count). The van der Waals surface area contributed by atoms with Crippen molar-refractivity contribution in [2.24, 2.45) is 0 Å². The number of aromatic nitrogens is 1. The highest BCUT2D eigenvalue weighted by atomic mass is 16.4. The first-order chi connectivity index (χ1) is 9.52. The van der Waals surface area contributed by atoms with Crippen LogP contribution in [0.2, 0.25) is 0 Å². The fraction of sp³-hybridized carbons (Fsp3) is 0.231. The molecule has 0 bridgehead atoms. The molecule has 0 aliphatic carbocycles. The lowest BCUT2D eigenvalue weighted by Crippen LogP contribution is -2.29. The van der Waals surface area contributed by atoms with Crippen molar-refractivity contribution in [3.63, 3.8) is 0 Å². The standard InChI is InChI=1S/C13H15N3O4/c1-14-11(17)4-5-16-13(20)10-6-9(7-15-8-10)2-3-12(18)19/h2-3,6-8H,4-5H2,1H3,(H,14,17)(H,16,20)(H,18,19). The molecule has 0 fully saturated rings. The van der Waals surface area contributed by atoms with E-state index >= 15 is 0 Å². The van der Waals surface area contributed by atoms with Gasteiger partial charge in [-0.15, -0.1) is 0 Å². The SMILES string of the molecule is CNC(=O)CCNC(=O)c1cncc(C=CC(=O)O)c1. The van der Waals surface area contributed by atoms with Gasteiger partial charge in [-0.3, -0.25) is 14.6 Å². The van der Waals surface area contributed by atoms with Crippen molar-refractivity contribution in [3.05, 3.63) is 35.7 Å². The Kier molecular flexibility index (Phi) is 5.89. The molecule has 7 heteroatoms. The zero-order valence-corrected chi connectivity index (χ0v) is 10.9. The molecule has 0 atom stereocenters. The zero-order valence-electron chi connectivity index (χ0n) is 10.9. The van der Waals surface area contributed by atoms with Gasteiger partial charge in [0.2, 0.25) is 5.91 Å². The lowest BCUT2D eigenvalue weighted by molar-refractivity contribution is -0.131. The summed E-state index contributed by atoms with van der Waals surface area (Å²) in [6.07, 6.45) is 5.31. The maximum atomic E-state index is 11.8. The summed E-state index contributed by atoms with van der Waals surface area (Å²) in [4.78, 5) is 37.0. The number of hydrogen-bond acceptors (Lipinski definition) is 4. The minimum Gasteiger partial charge on any atom is -0.478 e. The predicted molar refractivity (Wildman–Crippen MR) is 71.9 cm³/mol. The van der Waals surface area contributed by atoms with Crippen molar-refractivity contribution in [2.75, 3.05) is 13.6 Å². The van der Waals surface area contributed by atoms with Crippen molar-refractivity contribution >= 4 is 23.9 Å². The fourth-order valence-electron chi connectivity index (χ4n) is 1.36. The molecule has 7 nitrogen and oxygen atoms in total. The first-order valence-corrected chi connectivity index (χ1v) is 5.87. The highest BCUT2D eigenvalue weighted by molar-refractivity contribution is 5.95. The second-order valence-electron chi connectivity index (χ2n) is 3.86. The van der Waals surface area contributed by atoms with Gasteiger partial charge in [-0.25, -0.2) is 4.79 Å². The Labute approximate surface area is 115 Å². The molecule has 0 radical (unpaired) electrons. The number of amides is 2. The number of pyridine rings is 1. The van der Waals surface area contributed by atoms with Gasteiger partial charge in [0.1, 0.15) is 0 Å². The maximum Gasteiger partial charge on any atom is 0.328 e. The van der Waals surface area contributed by atoms with E-state index in [9.17, 15) is 14.4 Å². The first kappa shape index (κ1) is 15.4. The van der Waals surface area contributed by atoms with Crippen LogP contribution in [0.3, 0.4) is 0 Å². The summed E-state index contributed by atoms with van der Waals surface area (Å²) < 4.78 is 0. The Hall–Kier alpha value is -2.70. The van der Waals surface area contributed by atoms with E-state index in [1.165, 1.54) is 31.6 Å². The molecular weight excluding hydrogens is 262 g/mol. The highest BCUT2D eigenvalue weighted by Crippen LogP contribution is 2.05. The number of carboxylic acid groups (broad SMARTS) is 1. The average Bonchev–Trinajstić information content (AvgIpc) is 2.45. The summed E-state index contributed by atoms with van der Waals surface area (Å²) in [7, 11) is 1.52. The summed E-state index contributed by atoms with van der Waals surface area (Å²) in [6.45, 7) is 0.216. The van der Waals surface area contributed by atoms with Crippen LogP contribution in [0.15, 0.2) is 24.5 Å². The monoisotopic (exact) mass is 277 g/mol. The van der Waals surface area contributed by atoms with Gasteiger partial charge in [-0.1, -0.05) is 0 Å². The third-order valence-electron chi connectivity index (χ3n) is 2.36. The summed E-state index contributed by atoms with van der Waals surface area (Å²) in [5.41, 5.74) is 0.806. The zero-order chi connectivity index (χ0) is 15.0. The topological polar surface area (TPSA) is 108 Å². The Morgan fingerprint density at radius 1 is 1.35 bits per heavy atom. The van der Waals surface area contributed by atoms with Crippen LogP contribution in [0.5, 0.6) is 0 Å². The molecule has 0 saturated carbocycles. The van der Waals surface area contributed by atoms with E-state index in [1.54, 1.807) is 0 Å². The Bertz CT molecular complexity index is 540. The maximum absolute atomic E-state index is 11.8. The Balaban J connectivity index is 2.62. The number of nitrogens with one attached hydrogen (secondary N) is 2. The van der Waals surface area contributed by atoms with Gasteiger partial charge in [0, 0.05) is 38.5 Å². The molecule has 3 N–H and O–H groups in total. The van der Waals surface area contributed by atoms with Crippen molar-refractivity contribution in [2.45, 2.75) is 6.42 Å². The van der Waals surface area contributed by atoms with Crippen LogP contribution in [0, 0.1) is 0 Å². The van der Waals surface area contributed by atoms with Gasteiger partial charge >= 0.3 is 5.97 Å². The van der Waals surface area contributed by atoms with E-state index < -0.39 is 5.97 Å². The minimum absolute atomic E-state index is 0.165. The van der Waals surface area contributed by atoms with Crippen LogP contribution in [0.25, 0.3) is 6.08 Å². The van der Waals surface area contributed by atoms with E-state index in [-0.39, 0.29) is 24.8 Å². The molecule has 0 spiro atoms. The molecule has 0 aliphatic heterocycles.